The van der Waals surface area contributed by atoms with Gasteiger partial charge in [-0.1, -0.05) is 30.7 Å². The molecule has 1 N–H and O–H groups in total. The van der Waals surface area contributed by atoms with E-state index >= 15 is 0 Å². The Morgan fingerprint density at radius 1 is 1.26 bits per heavy atom. The molecule has 1 heterocycles. The van der Waals surface area contributed by atoms with Crippen molar-refractivity contribution in [1.82, 2.24) is 5.32 Å². The van der Waals surface area contributed by atoms with Crippen molar-refractivity contribution in [2.75, 3.05) is 6.54 Å². The molecule has 0 spiro atoms. The van der Waals surface area contributed by atoms with Crippen LogP contribution in [-0.2, 0) is 12.3 Å². The van der Waals surface area contributed by atoms with Crippen LogP contribution in [0.25, 0.3) is 0 Å². The number of hydrogen-bond donors (Lipinski definition) is 1. The molecule has 2 aromatic rings. The molecule has 0 aliphatic carbocycles. The summed E-state index contributed by atoms with van der Waals surface area (Å²) < 4.78 is 5.27. The second-order valence-corrected chi connectivity index (χ2v) is 6.32. The molecule has 0 aliphatic heterocycles. The number of benzene rings is 1. The maximum Gasteiger partial charge on any atom is 0.117 e. The molecule has 0 amide bonds. The lowest BCUT2D eigenvalue weighted by molar-refractivity contribution is 0.484. The van der Waals surface area contributed by atoms with Gasteiger partial charge >= 0.3 is 0 Å². The molecule has 1 atom stereocenters. The quantitative estimate of drug-likeness (QED) is 0.822. The minimum atomic E-state index is 0.561. The van der Waals surface area contributed by atoms with E-state index in [2.05, 4.69) is 24.4 Å². The Labute approximate surface area is 123 Å². The predicted molar refractivity (Wildman–Crippen MR) is 82.6 cm³/mol. The summed E-state index contributed by atoms with van der Waals surface area (Å²) in [6.45, 7) is 3.99. The van der Waals surface area contributed by atoms with Crippen molar-refractivity contribution >= 4 is 23.4 Å². The molecule has 2 rings (SSSR count). The monoisotopic (exact) mass is 295 g/mol. The minimum Gasteiger partial charge on any atom is -0.468 e. The lowest BCUT2D eigenvalue weighted by Gasteiger charge is -2.11. The summed E-state index contributed by atoms with van der Waals surface area (Å²) >= 11 is 7.80. The van der Waals surface area contributed by atoms with Gasteiger partial charge in [0.15, 0.2) is 0 Å². The third kappa shape index (κ3) is 5.31. The minimum absolute atomic E-state index is 0.561. The SMILES string of the molecule is CC(CNCc1ccco1)SCc1ccc(Cl)cc1. The molecule has 1 unspecified atom stereocenters. The van der Waals surface area contributed by atoms with Gasteiger partial charge in [-0.15, -0.1) is 0 Å². The Kier molecular flexibility index (Phi) is 5.83. The standard InChI is InChI=1S/C15H18ClNOS/c1-12(9-17-10-15-3-2-8-18-15)19-11-13-4-6-14(16)7-5-13/h2-8,12,17H,9-11H2,1H3. The Balaban J connectivity index is 1.64. The van der Waals surface area contributed by atoms with E-state index in [1.54, 1.807) is 6.26 Å². The normalized spacial score (nSPS) is 12.5. The highest BCUT2D eigenvalue weighted by atomic mass is 35.5. The van der Waals surface area contributed by atoms with Gasteiger partial charge in [0.1, 0.15) is 5.76 Å². The summed E-state index contributed by atoms with van der Waals surface area (Å²) in [4.78, 5) is 0. The molecule has 0 fully saturated rings. The first-order valence-corrected chi connectivity index (χ1v) is 7.76. The highest BCUT2D eigenvalue weighted by Crippen LogP contribution is 2.19. The van der Waals surface area contributed by atoms with Gasteiger partial charge in [-0.05, 0) is 29.8 Å². The summed E-state index contributed by atoms with van der Waals surface area (Å²) in [5.74, 6) is 2.00. The number of hydrogen-bond acceptors (Lipinski definition) is 3. The summed E-state index contributed by atoms with van der Waals surface area (Å²) in [5, 5.41) is 4.75. The Morgan fingerprint density at radius 3 is 2.74 bits per heavy atom. The van der Waals surface area contributed by atoms with Crippen LogP contribution in [0, 0.1) is 0 Å². The van der Waals surface area contributed by atoms with E-state index in [0.29, 0.717) is 5.25 Å². The zero-order chi connectivity index (χ0) is 13.5. The Morgan fingerprint density at radius 2 is 2.05 bits per heavy atom. The second-order valence-electron chi connectivity index (χ2n) is 4.46. The van der Waals surface area contributed by atoms with Gasteiger partial charge in [0.05, 0.1) is 12.8 Å². The first-order valence-electron chi connectivity index (χ1n) is 6.33. The van der Waals surface area contributed by atoms with E-state index in [1.165, 1.54) is 5.56 Å². The van der Waals surface area contributed by atoms with Gasteiger partial charge in [-0.25, -0.2) is 0 Å². The van der Waals surface area contributed by atoms with E-state index in [1.807, 2.05) is 36.0 Å². The summed E-state index contributed by atoms with van der Waals surface area (Å²) in [6, 6.07) is 11.9. The van der Waals surface area contributed by atoms with E-state index in [0.717, 1.165) is 29.6 Å². The number of rotatable bonds is 7. The van der Waals surface area contributed by atoms with Crippen molar-refractivity contribution < 1.29 is 4.42 Å². The number of thioether (sulfide) groups is 1. The fourth-order valence-electron chi connectivity index (χ4n) is 1.69. The Hall–Kier alpha value is -0.900. The highest BCUT2D eigenvalue weighted by Gasteiger charge is 2.04. The van der Waals surface area contributed by atoms with Crippen LogP contribution in [0.5, 0.6) is 0 Å². The number of halogens is 1. The predicted octanol–water partition coefficient (Wildman–Crippen LogP) is 4.34. The maximum atomic E-state index is 5.87. The van der Waals surface area contributed by atoms with Crippen molar-refractivity contribution in [3.05, 3.63) is 59.0 Å². The molecular weight excluding hydrogens is 278 g/mol. The van der Waals surface area contributed by atoms with Crippen LogP contribution in [0.15, 0.2) is 47.1 Å². The third-order valence-electron chi connectivity index (χ3n) is 2.76. The molecule has 4 heteroatoms. The lowest BCUT2D eigenvalue weighted by Crippen LogP contribution is -2.22. The van der Waals surface area contributed by atoms with Crippen LogP contribution in [-0.4, -0.2) is 11.8 Å². The first kappa shape index (κ1) is 14.5. The van der Waals surface area contributed by atoms with Crippen LogP contribution < -0.4 is 5.32 Å². The number of nitrogens with one attached hydrogen (secondary N) is 1. The van der Waals surface area contributed by atoms with Crippen LogP contribution in [0.3, 0.4) is 0 Å². The highest BCUT2D eigenvalue weighted by molar-refractivity contribution is 7.99. The van der Waals surface area contributed by atoms with Crippen LogP contribution in [0.2, 0.25) is 5.02 Å². The fraction of sp³-hybridized carbons (Fsp3) is 0.333. The third-order valence-corrected chi connectivity index (χ3v) is 4.25. The molecule has 1 aromatic carbocycles. The summed E-state index contributed by atoms with van der Waals surface area (Å²) in [7, 11) is 0. The molecule has 2 nitrogen and oxygen atoms in total. The van der Waals surface area contributed by atoms with Gasteiger partial charge in [0.25, 0.3) is 0 Å². The van der Waals surface area contributed by atoms with Gasteiger partial charge in [0.2, 0.25) is 0 Å². The van der Waals surface area contributed by atoms with E-state index in [9.17, 15) is 0 Å². The first-order chi connectivity index (χ1) is 9.24. The molecule has 1 aromatic heterocycles. The average molecular weight is 296 g/mol. The van der Waals surface area contributed by atoms with Gasteiger partial charge in [-0.3, -0.25) is 0 Å². The molecule has 0 aliphatic rings. The molecule has 102 valence electrons. The maximum absolute atomic E-state index is 5.87. The molecule has 0 saturated heterocycles. The van der Waals surface area contributed by atoms with E-state index in [4.69, 9.17) is 16.0 Å². The second kappa shape index (κ2) is 7.63. The molecule has 0 bridgehead atoms. The largest absolute Gasteiger partial charge is 0.468 e. The summed E-state index contributed by atoms with van der Waals surface area (Å²) in [6.07, 6.45) is 1.70. The topological polar surface area (TPSA) is 25.2 Å². The molecule has 19 heavy (non-hydrogen) atoms. The zero-order valence-corrected chi connectivity index (χ0v) is 12.5. The van der Waals surface area contributed by atoms with Crippen molar-refractivity contribution in [3.8, 4) is 0 Å². The van der Waals surface area contributed by atoms with Crippen molar-refractivity contribution in [2.45, 2.75) is 24.5 Å². The van der Waals surface area contributed by atoms with Crippen molar-refractivity contribution in [2.24, 2.45) is 0 Å². The fourth-order valence-corrected chi connectivity index (χ4v) is 2.72. The molecule has 0 saturated carbocycles. The zero-order valence-electron chi connectivity index (χ0n) is 10.9. The molecular formula is C15H18ClNOS. The van der Waals surface area contributed by atoms with Gasteiger partial charge in [-0.2, -0.15) is 11.8 Å². The van der Waals surface area contributed by atoms with E-state index in [-0.39, 0.29) is 0 Å². The van der Waals surface area contributed by atoms with Gasteiger partial charge < -0.3 is 9.73 Å². The van der Waals surface area contributed by atoms with Crippen LogP contribution in [0.4, 0.5) is 0 Å². The number of furan rings is 1. The smallest absolute Gasteiger partial charge is 0.117 e. The average Bonchev–Trinajstić information content (AvgIpc) is 2.91. The lowest BCUT2D eigenvalue weighted by atomic mass is 10.2. The van der Waals surface area contributed by atoms with Crippen LogP contribution in [0.1, 0.15) is 18.2 Å². The van der Waals surface area contributed by atoms with Crippen molar-refractivity contribution in [3.63, 3.8) is 0 Å². The van der Waals surface area contributed by atoms with Crippen LogP contribution >= 0.6 is 23.4 Å². The van der Waals surface area contributed by atoms with E-state index < -0.39 is 0 Å². The molecule has 0 radical (unpaired) electrons. The van der Waals surface area contributed by atoms with Crippen molar-refractivity contribution in [1.29, 1.82) is 0 Å². The summed E-state index contributed by atoms with van der Waals surface area (Å²) in [5.41, 5.74) is 1.31. The van der Waals surface area contributed by atoms with Gasteiger partial charge in [0, 0.05) is 22.6 Å². The Bertz CT molecular complexity index is 469.